The molecule has 0 amide bonds. The molecule has 3 heterocycles. The highest BCUT2D eigenvalue weighted by Gasteiger charge is 2.32. The number of nitrogens with one attached hydrogen (secondary N) is 1. The van der Waals surface area contributed by atoms with E-state index in [0.717, 1.165) is 37.2 Å². The molecule has 0 aliphatic heterocycles. The molecule has 0 saturated heterocycles. The number of H-pyrrole nitrogens is 1. The molecular weight excluding hydrogens is 297 g/mol. The van der Waals surface area contributed by atoms with Crippen LogP contribution in [0.2, 0.25) is 0 Å². The van der Waals surface area contributed by atoms with Crippen LogP contribution >= 0.6 is 0 Å². The Morgan fingerprint density at radius 1 is 1.27 bits per heavy atom. The number of rotatable bonds is 2. The molecule has 0 spiro atoms. The van der Waals surface area contributed by atoms with Crippen LogP contribution in [0.1, 0.15) is 36.4 Å². The number of imidazole rings is 1. The molecule has 1 fully saturated rings. The van der Waals surface area contributed by atoms with Gasteiger partial charge in [0.25, 0.3) is 0 Å². The van der Waals surface area contributed by atoms with Gasteiger partial charge in [-0.15, -0.1) is 0 Å². The number of halogens is 3. The van der Waals surface area contributed by atoms with E-state index >= 15 is 0 Å². The van der Waals surface area contributed by atoms with Crippen LogP contribution in [0.4, 0.5) is 13.2 Å². The first-order chi connectivity index (χ1) is 10.5. The van der Waals surface area contributed by atoms with E-state index < -0.39 is 11.7 Å². The van der Waals surface area contributed by atoms with E-state index in [9.17, 15) is 13.2 Å². The fourth-order valence-corrected chi connectivity index (χ4v) is 2.58. The molecule has 3 aromatic heterocycles. The van der Waals surface area contributed by atoms with Crippen LogP contribution in [0.3, 0.4) is 0 Å². The molecule has 0 radical (unpaired) electrons. The average molecular weight is 308 g/mol. The van der Waals surface area contributed by atoms with Crippen molar-refractivity contribution in [1.29, 1.82) is 0 Å². The monoisotopic (exact) mass is 308 g/mol. The lowest BCUT2D eigenvalue weighted by Crippen LogP contribution is -2.10. The molecular formula is C14H11F3N4O. The highest BCUT2D eigenvalue weighted by molar-refractivity contribution is 5.76. The molecule has 22 heavy (non-hydrogen) atoms. The Morgan fingerprint density at radius 3 is 2.77 bits per heavy atom. The highest BCUT2D eigenvalue weighted by atomic mass is 19.4. The Morgan fingerprint density at radius 2 is 2.09 bits per heavy atom. The van der Waals surface area contributed by atoms with Crippen molar-refractivity contribution < 1.29 is 17.7 Å². The maximum atomic E-state index is 12.7. The molecule has 1 aliphatic carbocycles. The van der Waals surface area contributed by atoms with Crippen LogP contribution in [0.25, 0.3) is 22.6 Å². The Balaban J connectivity index is 1.78. The van der Waals surface area contributed by atoms with E-state index in [1.165, 1.54) is 6.26 Å². The van der Waals surface area contributed by atoms with Gasteiger partial charge in [0.15, 0.2) is 5.65 Å². The van der Waals surface area contributed by atoms with Gasteiger partial charge in [-0.3, -0.25) is 0 Å². The summed E-state index contributed by atoms with van der Waals surface area (Å²) in [5.74, 6) is 0.769. The van der Waals surface area contributed by atoms with Crippen LogP contribution in [-0.2, 0) is 6.18 Å². The average Bonchev–Trinajstić information content (AvgIpc) is 3.00. The second-order valence-corrected chi connectivity index (χ2v) is 5.42. The number of fused-ring (bicyclic) bond motifs is 1. The number of hydrogen-bond acceptors (Lipinski definition) is 4. The van der Waals surface area contributed by atoms with Crippen molar-refractivity contribution >= 4 is 11.2 Å². The first-order valence-electron chi connectivity index (χ1n) is 6.90. The summed E-state index contributed by atoms with van der Waals surface area (Å²) in [5.41, 5.74) is 1.17. The zero-order valence-corrected chi connectivity index (χ0v) is 11.3. The number of aromatic nitrogens is 4. The molecule has 1 aliphatic rings. The second-order valence-electron chi connectivity index (χ2n) is 5.42. The minimum Gasteiger partial charge on any atom is -0.364 e. The number of nitrogens with zero attached hydrogens (tertiary/aromatic N) is 3. The predicted molar refractivity (Wildman–Crippen MR) is 71.0 cm³/mol. The van der Waals surface area contributed by atoms with E-state index in [2.05, 4.69) is 20.1 Å². The second kappa shape index (κ2) is 4.56. The summed E-state index contributed by atoms with van der Waals surface area (Å²) >= 11 is 0. The van der Waals surface area contributed by atoms with Crippen LogP contribution in [0, 0.1) is 0 Å². The Hall–Kier alpha value is -2.38. The Labute approximate surface area is 122 Å². The normalized spacial score (nSPS) is 16.1. The summed E-state index contributed by atoms with van der Waals surface area (Å²) in [6.45, 7) is 0. The molecule has 114 valence electrons. The van der Waals surface area contributed by atoms with Crippen molar-refractivity contribution in [3.63, 3.8) is 0 Å². The lowest BCUT2D eigenvalue weighted by molar-refractivity contribution is -0.137. The van der Waals surface area contributed by atoms with E-state index in [4.69, 9.17) is 4.52 Å². The topological polar surface area (TPSA) is 67.6 Å². The molecule has 1 N–H and O–H groups in total. The van der Waals surface area contributed by atoms with Crippen molar-refractivity contribution in [3.8, 4) is 11.4 Å². The van der Waals surface area contributed by atoms with Crippen molar-refractivity contribution in [1.82, 2.24) is 20.1 Å². The van der Waals surface area contributed by atoms with Crippen LogP contribution < -0.4 is 0 Å². The fraction of sp³-hybridized carbons (Fsp3) is 0.357. The SMILES string of the molecule is FC(F)(F)c1cnc2nc(-c3conc3C3CCC3)[nH]c2c1. The number of pyridine rings is 1. The molecule has 5 nitrogen and oxygen atoms in total. The van der Waals surface area contributed by atoms with Gasteiger partial charge in [0.2, 0.25) is 0 Å². The third-order valence-corrected chi connectivity index (χ3v) is 4.01. The van der Waals surface area contributed by atoms with Crippen molar-refractivity contribution in [3.05, 3.63) is 29.8 Å². The predicted octanol–water partition coefficient (Wildman–Crippen LogP) is 3.90. The minimum atomic E-state index is -4.43. The third kappa shape index (κ3) is 2.06. The first-order valence-corrected chi connectivity index (χ1v) is 6.90. The fourth-order valence-electron chi connectivity index (χ4n) is 2.58. The third-order valence-electron chi connectivity index (χ3n) is 4.01. The Bertz CT molecular complexity index is 832. The van der Waals surface area contributed by atoms with Crippen molar-refractivity contribution in [2.24, 2.45) is 0 Å². The Kier molecular flexibility index (Phi) is 2.75. The molecule has 3 aromatic rings. The first kappa shape index (κ1) is 13.3. The zero-order valence-electron chi connectivity index (χ0n) is 11.3. The standard InChI is InChI=1S/C14H11F3N4O/c15-14(16,17)8-4-10-13(18-5-8)20-12(19-10)9-6-22-21-11(9)7-2-1-3-7/h4-7H,1-3H2,(H,18,19,20). The van der Waals surface area contributed by atoms with Gasteiger partial charge >= 0.3 is 6.18 Å². The largest absolute Gasteiger partial charge is 0.417 e. The summed E-state index contributed by atoms with van der Waals surface area (Å²) in [5, 5.41) is 4.01. The van der Waals surface area contributed by atoms with Crippen LogP contribution in [0.5, 0.6) is 0 Å². The van der Waals surface area contributed by atoms with E-state index in [0.29, 0.717) is 17.3 Å². The lowest BCUT2D eigenvalue weighted by atomic mass is 9.81. The van der Waals surface area contributed by atoms with Gasteiger partial charge < -0.3 is 9.51 Å². The maximum Gasteiger partial charge on any atom is 0.417 e. The van der Waals surface area contributed by atoms with E-state index in [-0.39, 0.29) is 11.2 Å². The van der Waals surface area contributed by atoms with Gasteiger partial charge in [-0.25, -0.2) is 9.97 Å². The van der Waals surface area contributed by atoms with Gasteiger partial charge in [-0.05, 0) is 18.9 Å². The summed E-state index contributed by atoms with van der Waals surface area (Å²) in [4.78, 5) is 10.9. The smallest absolute Gasteiger partial charge is 0.364 e. The van der Waals surface area contributed by atoms with Crippen LogP contribution in [0.15, 0.2) is 23.0 Å². The van der Waals surface area contributed by atoms with Gasteiger partial charge in [-0.1, -0.05) is 11.6 Å². The van der Waals surface area contributed by atoms with E-state index in [1.807, 2.05) is 0 Å². The summed E-state index contributed by atoms with van der Waals surface area (Å²) < 4.78 is 43.2. The van der Waals surface area contributed by atoms with Crippen LogP contribution in [-0.4, -0.2) is 20.1 Å². The van der Waals surface area contributed by atoms with Gasteiger partial charge in [-0.2, -0.15) is 13.2 Å². The van der Waals surface area contributed by atoms with Gasteiger partial charge in [0, 0.05) is 12.1 Å². The quantitative estimate of drug-likeness (QED) is 0.779. The van der Waals surface area contributed by atoms with Gasteiger partial charge in [0.05, 0.1) is 22.3 Å². The summed E-state index contributed by atoms with van der Waals surface area (Å²) in [6.07, 6.45) is 1.05. The minimum absolute atomic E-state index is 0.240. The maximum absolute atomic E-state index is 12.7. The summed E-state index contributed by atoms with van der Waals surface area (Å²) in [7, 11) is 0. The molecule has 0 bridgehead atoms. The number of aromatic amines is 1. The molecule has 0 aromatic carbocycles. The molecule has 0 atom stereocenters. The van der Waals surface area contributed by atoms with E-state index in [1.54, 1.807) is 0 Å². The molecule has 8 heteroatoms. The molecule has 4 rings (SSSR count). The molecule has 0 unspecified atom stereocenters. The lowest BCUT2D eigenvalue weighted by Gasteiger charge is -2.23. The van der Waals surface area contributed by atoms with Gasteiger partial charge in [0.1, 0.15) is 12.1 Å². The zero-order chi connectivity index (χ0) is 15.3. The summed E-state index contributed by atoms with van der Waals surface area (Å²) in [6, 6.07) is 1.01. The van der Waals surface area contributed by atoms with Crippen molar-refractivity contribution in [2.45, 2.75) is 31.4 Å². The number of alkyl halides is 3. The number of hydrogen-bond donors (Lipinski definition) is 1. The molecule has 1 saturated carbocycles. The highest BCUT2D eigenvalue weighted by Crippen LogP contribution is 2.40. The van der Waals surface area contributed by atoms with Crippen molar-refractivity contribution in [2.75, 3.05) is 0 Å².